The lowest BCUT2D eigenvalue weighted by Crippen LogP contribution is -2.40. The zero-order chi connectivity index (χ0) is 14.7. The molecule has 0 bridgehead atoms. The minimum Gasteiger partial charge on any atom is -0.346 e. The van der Waals surface area contributed by atoms with Gasteiger partial charge in [-0.15, -0.1) is 0 Å². The molecule has 1 aromatic rings. The monoisotopic (exact) mass is 307 g/mol. The molecule has 5 heteroatoms. The number of likely N-dealkylation sites (tertiary alicyclic amines) is 1. The quantitative estimate of drug-likeness (QED) is 0.784. The molecule has 2 aliphatic rings. The first kappa shape index (κ1) is 15.0. The van der Waals surface area contributed by atoms with Crippen LogP contribution in [-0.2, 0) is 6.42 Å². The number of aryl methyl sites for hydroxylation is 1. The molecule has 2 fully saturated rings. The third-order valence-corrected chi connectivity index (χ3v) is 5.73. The van der Waals surface area contributed by atoms with Crippen molar-refractivity contribution in [2.24, 2.45) is 0 Å². The van der Waals surface area contributed by atoms with Crippen LogP contribution in [0.3, 0.4) is 0 Å². The van der Waals surface area contributed by atoms with E-state index >= 15 is 0 Å². The molecule has 0 spiro atoms. The Labute approximate surface area is 131 Å². The molecule has 0 amide bonds. The maximum atomic E-state index is 11.2. The Morgan fingerprint density at radius 1 is 1.29 bits per heavy atom. The van der Waals surface area contributed by atoms with Crippen LogP contribution in [0.1, 0.15) is 54.4 Å². The Hall–Kier alpha value is -0.940. The molecule has 3 heterocycles. The zero-order valence-electron chi connectivity index (χ0n) is 12.9. The highest BCUT2D eigenvalue weighted by molar-refractivity contribution is 7.17. The topological polar surface area (TPSA) is 36.4 Å². The average Bonchev–Trinajstić information content (AvgIpc) is 3.15. The molecule has 2 aliphatic heterocycles. The number of thiazole rings is 1. The molecule has 1 unspecified atom stereocenters. The standard InChI is InChI=1S/C16H25N3OS/c1-2-6-14-15(12-20)21-16(17-14)19-10-7-13(11-19)18-8-4-3-5-9-18/h12-13H,2-11H2,1H3. The number of hydrogen-bond donors (Lipinski definition) is 0. The summed E-state index contributed by atoms with van der Waals surface area (Å²) in [5.74, 6) is 0. The lowest BCUT2D eigenvalue weighted by atomic mass is 10.1. The third-order valence-electron chi connectivity index (χ3n) is 4.65. The first-order chi connectivity index (χ1) is 10.3. The van der Waals surface area contributed by atoms with Gasteiger partial charge in [-0.3, -0.25) is 9.69 Å². The molecular formula is C16H25N3OS. The molecule has 0 aromatic carbocycles. The molecule has 3 rings (SSSR count). The van der Waals surface area contributed by atoms with Crippen LogP contribution < -0.4 is 4.90 Å². The molecule has 0 aliphatic carbocycles. The Kier molecular flexibility index (Phi) is 4.91. The van der Waals surface area contributed by atoms with E-state index in [1.807, 2.05) is 0 Å². The van der Waals surface area contributed by atoms with Crippen LogP contribution in [0.15, 0.2) is 0 Å². The predicted octanol–water partition coefficient (Wildman–Crippen LogP) is 2.97. The molecule has 4 nitrogen and oxygen atoms in total. The molecule has 0 radical (unpaired) electrons. The molecule has 1 atom stereocenters. The van der Waals surface area contributed by atoms with Gasteiger partial charge in [-0.25, -0.2) is 4.98 Å². The number of rotatable bonds is 5. The summed E-state index contributed by atoms with van der Waals surface area (Å²) >= 11 is 1.57. The van der Waals surface area contributed by atoms with Gasteiger partial charge in [-0.2, -0.15) is 0 Å². The number of anilines is 1. The van der Waals surface area contributed by atoms with Crippen molar-refractivity contribution in [2.75, 3.05) is 31.1 Å². The van der Waals surface area contributed by atoms with E-state index in [-0.39, 0.29) is 0 Å². The molecule has 116 valence electrons. The first-order valence-electron chi connectivity index (χ1n) is 8.25. The van der Waals surface area contributed by atoms with Gasteiger partial charge >= 0.3 is 0 Å². The van der Waals surface area contributed by atoms with Gasteiger partial charge in [0.1, 0.15) is 0 Å². The van der Waals surface area contributed by atoms with Gasteiger partial charge < -0.3 is 4.90 Å². The van der Waals surface area contributed by atoms with Crippen molar-refractivity contribution >= 4 is 22.8 Å². The van der Waals surface area contributed by atoms with Crippen molar-refractivity contribution in [2.45, 2.75) is 51.5 Å². The van der Waals surface area contributed by atoms with Crippen molar-refractivity contribution in [3.05, 3.63) is 10.6 Å². The summed E-state index contributed by atoms with van der Waals surface area (Å²) in [6.07, 6.45) is 8.26. The molecule has 1 aromatic heterocycles. The second-order valence-corrected chi connectivity index (χ2v) is 7.17. The van der Waals surface area contributed by atoms with Crippen molar-refractivity contribution < 1.29 is 4.79 Å². The van der Waals surface area contributed by atoms with E-state index in [2.05, 4.69) is 16.7 Å². The van der Waals surface area contributed by atoms with Gasteiger partial charge in [0.2, 0.25) is 0 Å². The normalized spacial score (nSPS) is 23.7. The smallest absolute Gasteiger partial charge is 0.186 e. The number of piperidine rings is 1. The van der Waals surface area contributed by atoms with Gasteiger partial charge in [-0.1, -0.05) is 31.1 Å². The Morgan fingerprint density at radius 3 is 2.81 bits per heavy atom. The van der Waals surface area contributed by atoms with Crippen LogP contribution in [0.5, 0.6) is 0 Å². The van der Waals surface area contributed by atoms with E-state index in [1.54, 1.807) is 11.3 Å². The summed E-state index contributed by atoms with van der Waals surface area (Å²) in [4.78, 5) is 21.8. The van der Waals surface area contributed by atoms with Gasteiger partial charge in [0.05, 0.1) is 10.6 Å². The number of aldehydes is 1. The minimum absolute atomic E-state index is 0.684. The first-order valence-corrected chi connectivity index (χ1v) is 9.07. The van der Waals surface area contributed by atoms with E-state index in [0.29, 0.717) is 6.04 Å². The van der Waals surface area contributed by atoms with Crippen LogP contribution in [-0.4, -0.2) is 48.4 Å². The van der Waals surface area contributed by atoms with Crippen LogP contribution >= 0.6 is 11.3 Å². The number of nitrogens with zero attached hydrogens (tertiary/aromatic N) is 3. The average molecular weight is 307 g/mol. The van der Waals surface area contributed by atoms with Gasteiger partial charge in [0, 0.05) is 19.1 Å². The second-order valence-electron chi connectivity index (χ2n) is 6.16. The maximum Gasteiger partial charge on any atom is 0.186 e. The lowest BCUT2D eigenvalue weighted by molar-refractivity contribution is 0.112. The summed E-state index contributed by atoms with van der Waals surface area (Å²) in [5, 5.41) is 1.06. The van der Waals surface area contributed by atoms with Gasteiger partial charge in [0.25, 0.3) is 0 Å². The number of aromatic nitrogens is 1. The van der Waals surface area contributed by atoms with Gasteiger partial charge in [0.15, 0.2) is 11.4 Å². The fraction of sp³-hybridized carbons (Fsp3) is 0.750. The molecule has 2 saturated heterocycles. The lowest BCUT2D eigenvalue weighted by Gasteiger charge is -2.32. The summed E-state index contributed by atoms with van der Waals surface area (Å²) in [6, 6.07) is 0.684. The number of carbonyl (C=O) groups excluding carboxylic acids is 1. The SMILES string of the molecule is CCCc1nc(N2CCC(N3CCCCC3)C2)sc1C=O. The highest BCUT2D eigenvalue weighted by atomic mass is 32.1. The predicted molar refractivity (Wildman–Crippen MR) is 87.5 cm³/mol. The fourth-order valence-corrected chi connectivity index (χ4v) is 4.45. The minimum atomic E-state index is 0.684. The van der Waals surface area contributed by atoms with E-state index < -0.39 is 0 Å². The summed E-state index contributed by atoms with van der Waals surface area (Å²) < 4.78 is 0. The Balaban J connectivity index is 1.66. The highest BCUT2D eigenvalue weighted by Crippen LogP contribution is 2.30. The van der Waals surface area contributed by atoms with E-state index in [0.717, 1.165) is 47.9 Å². The van der Waals surface area contributed by atoms with Crippen LogP contribution in [0, 0.1) is 0 Å². The summed E-state index contributed by atoms with van der Waals surface area (Å²) in [5.41, 5.74) is 0.994. The van der Waals surface area contributed by atoms with Crippen molar-refractivity contribution in [1.29, 1.82) is 0 Å². The van der Waals surface area contributed by atoms with E-state index in [4.69, 9.17) is 4.98 Å². The van der Waals surface area contributed by atoms with E-state index in [1.165, 1.54) is 38.8 Å². The number of hydrogen-bond acceptors (Lipinski definition) is 5. The fourth-order valence-electron chi connectivity index (χ4n) is 3.49. The van der Waals surface area contributed by atoms with Crippen molar-refractivity contribution in [3.8, 4) is 0 Å². The van der Waals surface area contributed by atoms with Crippen LogP contribution in [0.25, 0.3) is 0 Å². The zero-order valence-corrected chi connectivity index (χ0v) is 13.7. The summed E-state index contributed by atoms with van der Waals surface area (Å²) in [6.45, 7) is 6.82. The molecule has 0 saturated carbocycles. The van der Waals surface area contributed by atoms with Gasteiger partial charge in [-0.05, 0) is 38.8 Å². The number of carbonyl (C=O) groups is 1. The third kappa shape index (κ3) is 3.29. The molecular weight excluding hydrogens is 282 g/mol. The van der Waals surface area contributed by atoms with Crippen LogP contribution in [0.4, 0.5) is 5.13 Å². The van der Waals surface area contributed by atoms with E-state index in [9.17, 15) is 4.79 Å². The van der Waals surface area contributed by atoms with Crippen molar-refractivity contribution in [1.82, 2.24) is 9.88 Å². The highest BCUT2D eigenvalue weighted by Gasteiger charge is 2.30. The Morgan fingerprint density at radius 2 is 2.10 bits per heavy atom. The second kappa shape index (κ2) is 6.88. The molecule has 21 heavy (non-hydrogen) atoms. The summed E-state index contributed by atoms with van der Waals surface area (Å²) in [7, 11) is 0. The van der Waals surface area contributed by atoms with Crippen molar-refractivity contribution in [3.63, 3.8) is 0 Å². The van der Waals surface area contributed by atoms with Crippen LogP contribution in [0.2, 0.25) is 0 Å². The largest absolute Gasteiger partial charge is 0.346 e. The maximum absolute atomic E-state index is 11.2. The Bertz CT molecular complexity index is 482. The molecule has 0 N–H and O–H groups in total.